The minimum atomic E-state index is -0.541. The summed E-state index contributed by atoms with van der Waals surface area (Å²) in [4.78, 5) is 22.9. The maximum atomic E-state index is 12.2. The zero-order valence-electron chi connectivity index (χ0n) is 12.0. The third-order valence-corrected chi connectivity index (χ3v) is 3.53. The van der Waals surface area contributed by atoms with Gasteiger partial charge in [-0.05, 0) is 52.3 Å². The number of carbonyl (C=O) groups excluding carboxylic acids is 2. The number of rotatable bonds is 5. The number of hydrogen-bond acceptors (Lipinski definition) is 5. The average molecular weight is 365 g/mol. The second-order valence-corrected chi connectivity index (χ2v) is 5.12. The minimum absolute atomic E-state index is 0.323. The summed E-state index contributed by atoms with van der Waals surface area (Å²) in [5.74, 6) is 0.744. The maximum absolute atomic E-state index is 12.2. The van der Waals surface area contributed by atoms with Gasteiger partial charge in [0, 0.05) is 5.56 Å². The van der Waals surface area contributed by atoms with Crippen LogP contribution in [0.1, 0.15) is 20.7 Å². The van der Waals surface area contributed by atoms with Crippen molar-refractivity contribution in [1.29, 1.82) is 0 Å². The van der Waals surface area contributed by atoms with Crippen LogP contribution in [0.4, 0.5) is 0 Å². The molecule has 0 spiro atoms. The molecule has 0 radical (unpaired) electrons. The van der Waals surface area contributed by atoms with Crippen molar-refractivity contribution in [2.45, 2.75) is 0 Å². The minimum Gasteiger partial charge on any atom is -0.493 e. The number of methoxy groups -OCH3 is 2. The summed E-state index contributed by atoms with van der Waals surface area (Å²) in [7, 11) is 3.00. The molecule has 114 valence electrons. The zero-order valence-corrected chi connectivity index (χ0v) is 13.5. The summed E-state index contributed by atoms with van der Waals surface area (Å²) in [5, 5.41) is 0. The van der Waals surface area contributed by atoms with E-state index in [0.717, 1.165) is 0 Å². The van der Waals surface area contributed by atoms with Crippen LogP contribution in [-0.4, -0.2) is 26.5 Å². The van der Waals surface area contributed by atoms with Gasteiger partial charge in [-0.3, -0.25) is 4.79 Å². The van der Waals surface area contributed by atoms with Crippen LogP contribution >= 0.6 is 15.9 Å². The highest BCUT2D eigenvalue weighted by Gasteiger charge is 2.14. The van der Waals surface area contributed by atoms with Crippen molar-refractivity contribution in [1.82, 2.24) is 0 Å². The van der Waals surface area contributed by atoms with E-state index in [1.165, 1.54) is 20.3 Å². The first kappa shape index (κ1) is 16.0. The monoisotopic (exact) mass is 364 g/mol. The van der Waals surface area contributed by atoms with Crippen LogP contribution in [-0.2, 0) is 0 Å². The molecular weight excluding hydrogens is 352 g/mol. The molecule has 0 bridgehead atoms. The van der Waals surface area contributed by atoms with Gasteiger partial charge in [-0.2, -0.15) is 0 Å². The first-order valence-corrected chi connectivity index (χ1v) is 7.07. The SMILES string of the molecule is COc1ccc(C(=O)Oc2ccc(C=O)cc2Br)cc1OC. The number of esters is 1. The Bertz CT molecular complexity index is 712. The average Bonchev–Trinajstić information content (AvgIpc) is 2.55. The van der Waals surface area contributed by atoms with Gasteiger partial charge in [-0.25, -0.2) is 4.79 Å². The molecule has 0 aliphatic carbocycles. The molecular formula is C16H13BrO5. The van der Waals surface area contributed by atoms with E-state index >= 15 is 0 Å². The van der Waals surface area contributed by atoms with Gasteiger partial charge in [0.2, 0.25) is 0 Å². The highest BCUT2D eigenvalue weighted by Crippen LogP contribution is 2.30. The second-order valence-electron chi connectivity index (χ2n) is 4.27. The fourth-order valence-electron chi connectivity index (χ4n) is 1.80. The molecule has 0 aliphatic rings. The van der Waals surface area contributed by atoms with Gasteiger partial charge >= 0.3 is 5.97 Å². The van der Waals surface area contributed by atoms with E-state index in [4.69, 9.17) is 14.2 Å². The van der Waals surface area contributed by atoms with E-state index in [1.807, 2.05) is 0 Å². The summed E-state index contributed by atoms with van der Waals surface area (Å²) >= 11 is 3.26. The Morgan fingerprint density at radius 2 is 1.68 bits per heavy atom. The lowest BCUT2D eigenvalue weighted by Crippen LogP contribution is -2.09. The van der Waals surface area contributed by atoms with Crippen LogP contribution in [0.5, 0.6) is 17.2 Å². The normalized spacial score (nSPS) is 9.95. The van der Waals surface area contributed by atoms with Crippen LogP contribution in [0.15, 0.2) is 40.9 Å². The summed E-state index contributed by atoms with van der Waals surface area (Å²) in [6.07, 6.45) is 0.713. The Balaban J connectivity index is 2.24. The molecule has 6 heteroatoms. The fourth-order valence-corrected chi connectivity index (χ4v) is 2.27. The van der Waals surface area contributed by atoms with Crippen LogP contribution in [0.3, 0.4) is 0 Å². The number of benzene rings is 2. The lowest BCUT2D eigenvalue weighted by atomic mass is 10.2. The standard InChI is InChI=1S/C16H13BrO5/c1-20-14-6-4-11(8-15(14)21-2)16(19)22-13-5-3-10(9-18)7-12(13)17/h3-9H,1-2H3. The quantitative estimate of drug-likeness (QED) is 0.461. The number of carbonyl (C=O) groups is 2. The molecule has 0 aliphatic heterocycles. The number of ether oxygens (including phenoxy) is 3. The summed E-state index contributed by atoms with van der Waals surface area (Å²) < 4.78 is 16.1. The maximum Gasteiger partial charge on any atom is 0.343 e. The largest absolute Gasteiger partial charge is 0.493 e. The predicted octanol–water partition coefficient (Wildman–Crippen LogP) is 3.50. The van der Waals surface area contributed by atoms with Gasteiger partial charge in [0.1, 0.15) is 12.0 Å². The Labute approximate surface area is 135 Å². The summed E-state index contributed by atoms with van der Waals surface area (Å²) in [6.45, 7) is 0. The smallest absolute Gasteiger partial charge is 0.343 e. The molecule has 0 atom stereocenters. The molecule has 0 heterocycles. The zero-order chi connectivity index (χ0) is 16.1. The molecule has 2 aromatic rings. The van der Waals surface area contributed by atoms with Crippen molar-refractivity contribution < 1.29 is 23.8 Å². The van der Waals surface area contributed by atoms with Gasteiger partial charge < -0.3 is 14.2 Å². The molecule has 0 fully saturated rings. The fraction of sp³-hybridized carbons (Fsp3) is 0.125. The Kier molecular flexibility index (Phi) is 5.16. The van der Waals surface area contributed by atoms with Crippen molar-refractivity contribution >= 4 is 28.2 Å². The van der Waals surface area contributed by atoms with Gasteiger partial charge in [0.15, 0.2) is 11.5 Å². The van der Waals surface area contributed by atoms with E-state index < -0.39 is 5.97 Å². The van der Waals surface area contributed by atoms with E-state index in [9.17, 15) is 9.59 Å². The van der Waals surface area contributed by atoms with E-state index in [0.29, 0.717) is 39.1 Å². The number of halogens is 1. The Hall–Kier alpha value is -2.34. The van der Waals surface area contributed by atoms with Crippen LogP contribution in [0.2, 0.25) is 0 Å². The lowest BCUT2D eigenvalue weighted by Gasteiger charge is -2.10. The van der Waals surface area contributed by atoms with E-state index in [1.54, 1.807) is 30.3 Å². The number of aldehydes is 1. The van der Waals surface area contributed by atoms with Crippen LogP contribution < -0.4 is 14.2 Å². The number of hydrogen-bond donors (Lipinski definition) is 0. The van der Waals surface area contributed by atoms with Gasteiger partial charge in [0.05, 0.1) is 24.3 Å². The van der Waals surface area contributed by atoms with Gasteiger partial charge in [-0.15, -0.1) is 0 Å². The molecule has 2 aromatic carbocycles. The molecule has 2 rings (SSSR count). The molecule has 0 unspecified atom stereocenters. The first-order valence-electron chi connectivity index (χ1n) is 6.28. The summed E-state index contributed by atoms with van der Waals surface area (Å²) in [6, 6.07) is 9.43. The van der Waals surface area contributed by atoms with Crippen LogP contribution in [0.25, 0.3) is 0 Å². The molecule has 0 saturated heterocycles. The van der Waals surface area contributed by atoms with Crippen molar-refractivity contribution in [3.05, 3.63) is 52.0 Å². The molecule has 0 saturated carbocycles. The van der Waals surface area contributed by atoms with Crippen molar-refractivity contribution in [2.75, 3.05) is 14.2 Å². The highest BCUT2D eigenvalue weighted by molar-refractivity contribution is 9.10. The molecule has 5 nitrogen and oxygen atoms in total. The van der Waals surface area contributed by atoms with Gasteiger partial charge in [0.25, 0.3) is 0 Å². The second kappa shape index (κ2) is 7.09. The first-order chi connectivity index (χ1) is 10.6. The third kappa shape index (κ3) is 3.46. The Morgan fingerprint density at radius 3 is 2.27 bits per heavy atom. The molecule has 0 N–H and O–H groups in total. The Morgan fingerprint density at radius 1 is 1.00 bits per heavy atom. The van der Waals surface area contributed by atoms with E-state index in [-0.39, 0.29) is 0 Å². The lowest BCUT2D eigenvalue weighted by molar-refractivity contribution is 0.0733. The van der Waals surface area contributed by atoms with Crippen molar-refractivity contribution in [3.8, 4) is 17.2 Å². The summed E-state index contributed by atoms with van der Waals surface area (Å²) in [5.41, 5.74) is 0.807. The van der Waals surface area contributed by atoms with Crippen LogP contribution in [0, 0.1) is 0 Å². The highest BCUT2D eigenvalue weighted by atomic mass is 79.9. The van der Waals surface area contributed by atoms with Gasteiger partial charge in [-0.1, -0.05) is 0 Å². The topological polar surface area (TPSA) is 61.8 Å². The van der Waals surface area contributed by atoms with Crippen molar-refractivity contribution in [3.63, 3.8) is 0 Å². The van der Waals surface area contributed by atoms with Crippen molar-refractivity contribution in [2.24, 2.45) is 0 Å². The predicted molar refractivity (Wildman–Crippen MR) is 84.0 cm³/mol. The molecule has 22 heavy (non-hydrogen) atoms. The molecule has 0 aromatic heterocycles. The molecule has 0 amide bonds. The van der Waals surface area contributed by atoms with E-state index in [2.05, 4.69) is 15.9 Å². The third-order valence-electron chi connectivity index (χ3n) is 2.91.